The Balaban J connectivity index is 1.56. The fourth-order valence-electron chi connectivity index (χ4n) is 2.17. The summed E-state index contributed by atoms with van der Waals surface area (Å²) in [5.74, 6) is 1.33. The van der Waals surface area contributed by atoms with E-state index in [0.717, 1.165) is 30.8 Å². The highest BCUT2D eigenvalue weighted by Crippen LogP contribution is 2.21. The van der Waals surface area contributed by atoms with Crippen molar-refractivity contribution in [3.8, 4) is 11.6 Å². The maximum Gasteiger partial charge on any atom is 0.238 e. The Bertz CT molecular complexity index is 562. The Labute approximate surface area is 125 Å². The zero-order valence-electron chi connectivity index (χ0n) is 12.4. The zero-order valence-corrected chi connectivity index (χ0v) is 12.4. The van der Waals surface area contributed by atoms with Crippen LogP contribution in [0.15, 0.2) is 36.4 Å². The monoisotopic (exact) mass is 283 g/mol. The van der Waals surface area contributed by atoms with Crippen LogP contribution in [0.5, 0.6) is 11.6 Å². The molecule has 1 N–H and O–H groups in total. The van der Waals surface area contributed by atoms with Crippen LogP contribution in [0, 0.1) is 0 Å². The topological polar surface area (TPSA) is 47.0 Å². The second-order valence-corrected chi connectivity index (χ2v) is 5.51. The van der Waals surface area contributed by atoms with Gasteiger partial charge in [0, 0.05) is 18.7 Å². The first-order valence-corrected chi connectivity index (χ1v) is 7.66. The van der Waals surface area contributed by atoms with Crippen molar-refractivity contribution in [2.45, 2.75) is 45.2 Å². The molecule has 0 radical (unpaired) electrons. The van der Waals surface area contributed by atoms with E-state index in [1.54, 1.807) is 0 Å². The summed E-state index contributed by atoms with van der Waals surface area (Å²) < 4.78 is 5.71. The molecule has 2 aromatic rings. The molecule has 21 heavy (non-hydrogen) atoms. The highest BCUT2D eigenvalue weighted by atomic mass is 16.5. The van der Waals surface area contributed by atoms with Crippen molar-refractivity contribution >= 4 is 0 Å². The number of aromatic nitrogens is 2. The molecule has 1 heterocycles. The predicted octanol–water partition coefficient (Wildman–Crippen LogP) is 3.47. The molecule has 0 unspecified atom stereocenters. The number of nitrogens with zero attached hydrogens (tertiary/aromatic N) is 2. The minimum absolute atomic E-state index is 0.536. The van der Waals surface area contributed by atoms with Crippen LogP contribution in [0.2, 0.25) is 0 Å². The van der Waals surface area contributed by atoms with Gasteiger partial charge in [0.1, 0.15) is 5.75 Å². The van der Waals surface area contributed by atoms with E-state index in [9.17, 15) is 0 Å². The molecule has 4 nitrogen and oxygen atoms in total. The summed E-state index contributed by atoms with van der Waals surface area (Å²) >= 11 is 0. The van der Waals surface area contributed by atoms with Gasteiger partial charge in [0.2, 0.25) is 5.88 Å². The van der Waals surface area contributed by atoms with E-state index in [4.69, 9.17) is 4.74 Å². The number of hydrogen-bond donors (Lipinski definition) is 1. The van der Waals surface area contributed by atoms with Crippen molar-refractivity contribution < 1.29 is 4.74 Å². The zero-order chi connectivity index (χ0) is 14.5. The summed E-state index contributed by atoms with van der Waals surface area (Å²) in [6.07, 6.45) is 4.82. The summed E-state index contributed by atoms with van der Waals surface area (Å²) in [4.78, 5) is 0. The van der Waals surface area contributed by atoms with Crippen LogP contribution in [0.4, 0.5) is 0 Å². The maximum atomic E-state index is 5.71. The van der Waals surface area contributed by atoms with Gasteiger partial charge >= 0.3 is 0 Å². The third kappa shape index (κ3) is 4.26. The van der Waals surface area contributed by atoms with Gasteiger partial charge in [0.15, 0.2) is 0 Å². The van der Waals surface area contributed by atoms with Gasteiger partial charge < -0.3 is 10.1 Å². The lowest BCUT2D eigenvalue weighted by molar-refractivity contribution is 0.453. The van der Waals surface area contributed by atoms with Crippen LogP contribution in [0.25, 0.3) is 0 Å². The van der Waals surface area contributed by atoms with Gasteiger partial charge in [-0.25, -0.2) is 0 Å². The maximum absolute atomic E-state index is 5.71. The third-order valence-corrected chi connectivity index (χ3v) is 3.53. The van der Waals surface area contributed by atoms with Crippen molar-refractivity contribution in [3.05, 3.63) is 47.7 Å². The van der Waals surface area contributed by atoms with Crippen LogP contribution in [0.3, 0.4) is 0 Å². The molecule has 0 amide bonds. The summed E-state index contributed by atoms with van der Waals surface area (Å²) in [7, 11) is 0. The van der Waals surface area contributed by atoms with E-state index in [0.29, 0.717) is 11.9 Å². The average molecular weight is 283 g/mol. The second kappa shape index (κ2) is 6.68. The van der Waals surface area contributed by atoms with E-state index in [1.165, 1.54) is 18.4 Å². The lowest BCUT2D eigenvalue weighted by atomic mass is 10.1. The first-order valence-electron chi connectivity index (χ1n) is 7.66. The molecular weight excluding hydrogens is 262 g/mol. The molecule has 1 fully saturated rings. The molecule has 0 aliphatic heterocycles. The minimum atomic E-state index is 0.536. The van der Waals surface area contributed by atoms with Gasteiger partial charge in [-0.1, -0.05) is 25.5 Å². The molecule has 1 aromatic carbocycles. The molecular formula is C17H21N3O. The van der Waals surface area contributed by atoms with Gasteiger partial charge in [0.05, 0.1) is 5.69 Å². The number of rotatable bonds is 7. The van der Waals surface area contributed by atoms with Gasteiger partial charge in [-0.05, 0) is 43.0 Å². The van der Waals surface area contributed by atoms with Crippen molar-refractivity contribution in [2.75, 3.05) is 0 Å². The van der Waals surface area contributed by atoms with E-state index in [1.807, 2.05) is 24.3 Å². The highest BCUT2D eigenvalue weighted by Gasteiger charge is 2.20. The highest BCUT2D eigenvalue weighted by molar-refractivity contribution is 5.30. The Morgan fingerprint density at radius 2 is 1.90 bits per heavy atom. The number of aryl methyl sites for hydroxylation is 1. The van der Waals surface area contributed by atoms with Crippen LogP contribution >= 0.6 is 0 Å². The predicted molar refractivity (Wildman–Crippen MR) is 82.4 cm³/mol. The standard InChI is InChI=1S/C17H21N3O/c1-2-3-13-4-9-16(10-5-13)21-17-11-8-15(19-20-17)12-18-14-6-7-14/h4-5,8-11,14,18H,2-3,6-7,12H2,1H3. The minimum Gasteiger partial charge on any atom is -0.438 e. The summed E-state index contributed by atoms with van der Waals surface area (Å²) in [6, 6.07) is 12.7. The van der Waals surface area contributed by atoms with Crippen molar-refractivity contribution in [2.24, 2.45) is 0 Å². The fraction of sp³-hybridized carbons (Fsp3) is 0.412. The molecule has 1 aliphatic rings. The van der Waals surface area contributed by atoms with Crippen molar-refractivity contribution in [3.63, 3.8) is 0 Å². The van der Waals surface area contributed by atoms with Gasteiger partial charge in [-0.3, -0.25) is 0 Å². The molecule has 0 atom stereocenters. The summed E-state index contributed by atoms with van der Waals surface area (Å²) in [5.41, 5.74) is 2.28. The third-order valence-electron chi connectivity index (χ3n) is 3.53. The SMILES string of the molecule is CCCc1ccc(Oc2ccc(CNC3CC3)nn2)cc1. The number of benzene rings is 1. The molecule has 1 saturated carbocycles. The van der Waals surface area contributed by atoms with Gasteiger partial charge in [-0.2, -0.15) is 5.10 Å². The Morgan fingerprint density at radius 3 is 2.52 bits per heavy atom. The lowest BCUT2D eigenvalue weighted by Crippen LogP contribution is -2.16. The first kappa shape index (κ1) is 14.0. The molecule has 110 valence electrons. The number of nitrogens with one attached hydrogen (secondary N) is 1. The second-order valence-electron chi connectivity index (χ2n) is 5.51. The molecule has 0 bridgehead atoms. The number of hydrogen-bond acceptors (Lipinski definition) is 4. The molecule has 0 saturated heterocycles. The van der Waals surface area contributed by atoms with E-state index < -0.39 is 0 Å². The first-order chi connectivity index (χ1) is 10.3. The van der Waals surface area contributed by atoms with Crippen LogP contribution in [-0.2, 0) is 13.0 Å². The Kier molecular flexibility index (Phi) is 4.46. The largest absolute Gasteiger partial charge is 0.438 e. The number of ether oxygens (including phenoxy) is 1. The molecule has 1 aromatic heterocycles. The van der Waals surface area contributed by atoms with Crippen molar-refractivity contribution in [1.82, 2.24) is 15.5 Å². The van der Waals surface area contributed by atoms with Crippen LogP contribution in [0.1, 0.15) is 37.4 Å². The quantitative estimate of drug-likeness (QED) is 0.845. The van der Waals surface area contributed by atoms with Gasteiger partial charge in [0.25, 0.3) is 0 Å². The average Bonchev–Trinajstić information content (AvgIpc) is 3.33. The fourth-order valence-corrected chi connectivity index (χ4v) is 2.17. The Morgan fingerprint density at radius 1 is 1.10 bits per heavy atom. The van der Waals surface area contributed by atoms with Gasteiger partial charge in [-0.15, -0.1) is 5.10 Å². The van der Waals surface area contributed by atoms with E-state index >= 15 is 0 Å². The van der Waals surface area contributed by atoms with Crippen LogP contribution < -0.4 is 10.1 Å². The molecule has 0 spiro atoms. The van der Waals surface area contributed by atoms with E-state index in [-0.39, 0.29) is 0 Å². The lowest BCUT2D eigenvalue weighted by Gasteiger charge is -2.06. The van der Waals surface area contributed by atoms with E-state index in [2.05, 4.69) is 34.6 Å². The molecule has 4 heteroatoms. The van der Waals surface area contributed by atoms with Crippen LogP contribution in [-0.4, -0.2) is 16.2 Å². The molecule has 1 aliphatic carbocycles. The van der Waals surface area contributed by atoms with Crippen molar-refractivity contribution in [1.29, 1.82) is 0 Å². The smallest absolute Gasteiger partial charge is 0.238 e. The normalized spacial score (nSPS) is 14.1. The summed E-state index contributed by atoms with van der Waals surface area (Å²) in [6.45, 7) is 2.96. The Hall–Kier alpha value is -1.94. The molecule has 3 rings (SSSR count). The summed E-state index contributed by atoms with van der Waals surface area (Å²) in [5, 5.41) is 11.7.